The van der Waals surface area contributed by atoms with Gasteiger partial charge in [0, 0.05) is 11.1 Å². The lowest BCUT2D eigenvalue weighted by Gasteiger charge is -2.23. The molecule has 0 atom stereocenters. The Morgan fingerprint density at radius 3 is 2.04 bits per heavy atom. The van der Waals surface area contributed by atoms with E-state index >= 15 is 0 Å². The highest BCUT2D eigenvalue weighted by Crippen LogP contribution is 2.24. The number of amides is 1. The summed E-state index contributed by atoms with van der Waals surface area (Å²) in [4.78, 5) is 21.2. The Balaban J connectivity index is 2.24. The number of anilines is 1. The van der Waals surface area contributed by atoms with Gasteiger partial charge < -0.3 is 5.32 Å². The number of nitrogens with one attached hydrogen (secondary N) is 1. The molecule has 6 heteroatoms. The van der Waals surface area contributed by atoms with Gasteiger partial charge in [0.05, 0.1) is 23.6 Å². The van der Waals surface area contributed by atoms with E-state index in [1.54, 1.807) is 12.4 Å². The molecule has 0 saturated heterocycles. The molecule has 25 heavy (non-hydrogen) atoms. The van der Waals surface area contributed by atoms with E-state index in [2.05, 4.69) is 55.0 Å². The minimum Gasteiger partial charge on any atom is -0.318 e. The maximum atomic E-state index is 12.6. The third kappa shape index (κ3) is 4.44. The van der Waals surface area contributed by atoms with Gasteiger partial charge in [-0.25, -0.2) is 9.97 Å². The Hall–Kier alpha value is -2.24. The molecule has 2 heterocycles. The standard InChI is InChI=1S/C19H29N5O/c1-12(2)15-9-14(23-24(15)19(6,7)8)16(25)22-13-10-20-17(21-11-13)18(3,4)5/h9-12H,1-8H3,(H,22,25). The lowest BCUT2D eigenvalue weighted by atomic mass is 9.96. The fourth-order valence-electron chi connectivity index (χ4n) is 2.43. The molecule has 0 saturated carbocycles. The summed E-state index contributed by atoms with van der Waals surface area (Å²) < 4.78 is 1.92. The average Bonchev–Trinajstić information content (AvgIpc) is 2.92. The maximum absolute atomic E-state index is 12.6. The van der Waals surface area contributed by atoms with Gasteiger partial charge in [0.25, 0.3) is 5.91 Å². The summed E-state index contributed by atoms with van der Waals surface area (Å²) in [5.41, 5.74) is 1.69. The molecule has 136 valence electrons. The van der Waals surface area contributed by atoms with Gasteiger partial charge in [-0.2, -0.15) is 5.10 Å². The largest absolute Gasteiger partial charge is 0.318 e. The van der Waals surface area contributed by atoms with Gasteiger partial charge in [-0.1, -0.05) is 34.6 Å². The predicted molar refractivity (Wildman–Crippen MR) is 100.0 cm³/mol. The molecule has 1 amide bonds. The first-order chi connectivity index (χ1) is 11.4. The maximum Gasteiger partial charge on any atom is 0.276 e. The summed E-state index contributed by atoms with van der Waals surface area (Å²) in [6.07, 6.45) is 3.27. The van der Waals surface area contributed by atoms with Gasteiger partial charge in [0.2, 0.25) is 0 Å². The summed E-state index contributed by atoms with van der Waals surface area (Å²) in [6.45, 7) is 16.6. The molecule has 0 fully saturated rings. The van der Waals surface area contributed by atoms with Gasteiger partial charge in [0.15, 0.2) is 5.69 Å². The molecule has 2 rings (SSSR count). The molecule has 2 aromatic heterocycles. The van der Waals surface area contributed by atoms with Crippen molar-refractivity contribution in [2.24, 2.45) is 0 Å². The predicted octanol–water partition coefficient (Wildman–Crippen LogP) is 4.10. The molecule has 2 aromatic rings. The fraction of sp³-hybridized carbons (Fsp3) is 0.579. The molecule has 0 aliphatic carbocycles. The lowest BCUT2D eigenvalue weighted by molar-refractivity contribution is 0.102. The van der Waals surface area contributed by atoms with Gasteiger partial charge in [-0.15, -0.1) is 0 Å². The molecule has 0 radical (unpaired) electrons. The topological polar surface area (TPSA) is 72.7 Å². The summed E-state index contributed by atoms with van der Waals surface area (Å²) >= 11 is 0. The summed E-state index contributed by atoms with van der Waals surface area (Å²) in [5.74, 6) is 0.768. The monoisotopic (exact) mass is 343 g/mol. The quantitative estimate of drug-likeness (QED) is 0.910. The van der Waals surface area contributed by atoms with Crippen LogP contribution in [0.5, 0.6) is 0 Å². The fourth-order valence-corrected chi connectivity index (χ4v) is 2.43. The van der Waals surface area contributed by atoms with E-state index in [0.29, 0.717) is 11.4 Å². The second-order valence-corrected chi connectivity index (χ2v) is 8.69. The Bertz CT molecular complexity index is 746. The third-order valence-electron chi connectivity index (χ3n) is 3.78. The second-order valence-electron chi connectivity index (χ2n) is 8.69. The zero-order chi connectivity index (χ0) is 19.0. The smallest absolute Gasteiger partial charge is 0.276 e. The molecule has 1 N–H and O–H groups in total. The molecular weight excluding hydrogens is 314 g/mol. The van der Waals surface area contributed by atoms with Gasteiger partial charge in [0.1, 0.15) is 5.82 Å². The van der Waals surface area contributed by atoms with Crippen LogP contribution in [0.1, 0.15) is 83.3 Å². The molecule has 6 nitrogen and oxygen atoms in total. The Labute approximate surface area is 150 Å². The Morgan fingerprint density at radius 2 is 1.64 bits per heavy atom. The highest BCUT2D eigenvalue weighted by Gasteiger charge is 2.24. The summed E-state index contributed by atoms with van der Waals surface area (Å²) in [7, 11) is 0. The van der Waals surface area contributed by atoms with Crippen molar-refractivity contribution in [2.75, 3.05) is 5.32 Å². The Kier molecular flexibility index (Phi) is 5.02. The van der Waals surface area contributed by atoms with E-state index in [4.69, 9.17) is 0 Å². The molecule has 0 aliphatic heterocycles. The van der Waals surface area contributed by atoms with Crippen molar-refractivity contribution in [3.63, 3.8) is 0 Å². The highest BCUT2D eigenvalue weighted by molar-refractivity contribution is 6.02. The van der Waals surface area contributed by atoms with Gasteiger partial charge in [-0.3, -0.25) is 9.48 Å². The van der Waals surface area contributed by atoms with E-state index in [-0.39, 0.29) is 22.8 Å². The molecule has 0 bridgehead atoms. The first-order valence-electron chi connectivity index (χ1n) is 8.64. The van der Waals surface area contributed by atoms with Crippen LogP contribution in [0.15, 0.2) is 18.5 Å². The van der Waals surface area contributed by atoms with Crippen molar-refractivity contribution >= 4 is 11.6 Å². The SMILES string of the molecule is CC(C)c1cc(C(=O)Nc2cnc(C(C)(C)C)nc2)nn1C(C)(C)C. The van der Waals surface area contributed by atoms with Crippen LogP contribution >= 0.6 is 0 Å². The molecular formula is C19H29N5O. The van der Waals surface area contributed by atoms with Crippen molar-refractivity contribution in [1.29, 1.82) is 0 Å². The first-order valence-corrected chi connectivity index (χ1v) is 8.64. The molecule has 0 aliphatic rings. The zero-order valence-electron chi connectivity index (χ0n) is 16.5. The van der Waals surface area contributed by atoms with Crippen molar-refractivity contribution in [3.8, 4) is 0 Å². The lowest BCUT2D eigenvalue weighted by Crippen LogP contribution is -2.26. The minimum atomic E-state index is -0.253. The number of hydrogen-bond acceptors (Lipinski definition) is 4. The van der Waals surface area contributed by atoms with E-state index in [9.17, 15) is 4.79 Å². The number of carbonyl (C=O) groups excluding carboxylic acids is 1. The van der Waals surface area contributed by atoms with Gasteiger partial charge >= 0.3 is 0 Å². The van der Waals surface area contributed by atoms with E-state index in [0.717, 1.165) is 11.5 Å². The number of rotatable bonds is 3. The van der Waals surface area contributed by atoms with E-state index in [1.807, 2.05) is 31.5 Å². The number of carbonyl (C=O) groups is 1. The van der Waals surface area contributed by atoms with E-state index < -0.39 is 0 Å². The van der Waals surface area contributed by atoms with Crippen LogP contribution in [-0.4, -0.2) is 25.7 Å². The number of hydrogen-bond donors (Lipinski definition) is 1. The van der Waals surface area contributed by atoms with Crippen LogP contribution < -0.4 is 5.32 Å². The normalized spacial score (nSPS) is 12.5. The molecule has 0 unspecified atom stereocenters. The van der Waals surface area contributed by atoms with Crippen molar-refractivity contribution in [3.05, 3.63) is 35.7 Å². The van der Waals surface area contributed by atoms with Crippen LogP contribution in [0.2, 0.25) is 0 Å². The Morgan fingerprint density at radius 1 is 1.08 bits per heavy atom. The average molecular weight is 343 g/mol. The summed E-state index contributed by atoms with van der Waals surface area (Å²) in [5, 5.41) is 7.35. The number of nitrogens with zero attached hydrogens (tertiary/aromatic N) is 4. The van der Waals surface area contributed by atoms with Crippen LogP contribution in [0.25, 0.3) is 0 Å². The van der Waals surface area contributed by atoms with Crippen molar-refractivity contribution in [2.45, 2.75) is 72.3 Å². The van der Waals surface area contributed by atoms with Crippen molar-refractivity contribution < 1.29 is 4.79 Å². The highest BCUT2D eigenvalue weighted by atomic mass is 16.2. The third-order valence-corrected chi connectivity index (χ3v) is 3.78. The molecule has 0 aromatic carbocycles. The molecule has 0 spiro atoms. The van der Waals surface area contributed by atoms with Crippen LogP contribution in [0, 0.1) is 0 Å². The number of aromatic nitrogens is 4. The van der Waals surface area contributed by atoms with Crippen LogP contribution in [0.4, 0.5) is 5.69 Å². The van der Waals surface area contributed by atoms with Crippen LogP contribution in [0.3, 0.4) is 0 Å². The van der Waals surface area contributed by atoms with Crippen molar-refractivity contribution in [1.82, 2.24) is 19.7 Å². The minimum absolute atomic E-state index is 0.125. The van der Waals surface area contributed by atoms with Gasteiger partial charge in [-0.05, 0) is 32.8 Å². The summed E-state index contributed by atoms with van der Waals surface area (Å²) in [6, 6.07) is 1.86. The zero-order valence-corrected chi connectivity index (χ0v) is 16.5. The van der Waals surface area contributed by atoms with E-state index in [1.165, 1.54) is 0 Å². The first kappa shape index (κ1) is 19.1. The van der Waals surface area contributed by atoms with Crippen LogP contribution in [-0.2, 0) is 11.0 Å². The second kappa shape index (κ2) is 6.58.